The lowest BCUT2D eigenvalue weighted by Gasteiger charge is -2.14. The van der Waals surface area contributed by atoms with Crippen molar-refractivity contribution in [3.63, 3.8) is 0 Å². The molecule has 2 aromatic rings. The summed E-state index contributed by atoms with van der Waals surface area (Å²) in [7, 11) is 0. The highest BCUT2D eigenvalue weighted by molar-refractivity contribution is 5.77. The van der Waals surface area contributed by atoms with E-state index in [1.807, 2.05) is 6.07 Å². The van der Waals surface area contributed by atoms with Crippen molar-refractivity contribution in [2.75, 3.05) is 5.73 Å². The van der Waals surface area contributed by atoms with Crippen LogP contribution in [0.25, 0.3) is 11.0 Å². The topological polar surface area (TPSA) is 56.7 Å². The van der Waals surface area contributed by atoms with E-state index >= 15 is 0 Å². The Morgan fingerprint density at radius 3 is 3.06 bits per heavy atom. The van der Waals surface area contributed by atoms with Crippen molar-refractivity contribution >= 4 is 17.0 Å². The van der Waals surface area contributed by atoms with E-state index < -0.39 is 0 Å². The molecule has 2 heterocycles. The van der Waals surface area contributed by atoms with E-state index in [9.17, 15) is 0 Å². The molecule has 2 N–H and O–H groups in total. The van der Waals surface area contributed by atoms with Crippen molar-refractivity contribution < 1.29 is 0 Å². The zero-order valence-electron chi connectivity index (χ0n) is 9.43. The van der Waals surface area contributed by atoms with Crippen LogP contribution in [-0.4, -0.2) is 14.5 Å². The molecule has 0 aromatic carbocycles. The van der Waals surface area contributed by atoms with E-state index in [1.54, 1.807) is 12.4 Å². The summed E-state index contributed by atoms with van der Waals surface area (Å²) in [5.74, 6) is 1.42. The van der Waals surface area contributed by atoms with E-state index in [2.05, 4.69) is 21.5 Å². The number of nitrogen functional groups attached to an aromatic ring is 1. The quantitative estimate of drug-likeness (QED) is 0.796. The van der Waals surface area contributed by atoms with Gasteiger partial charge < -0.3 is 10.3 Å². The van der Waals surface area contributed by atoms with Gasteiger partial charge in [0.2, 0.25) is 5.95 Å². The maximum Gasteiger partial charge on any atom is 0.201 e. The molecule has 2 aromatic heterocycles. The molecule has 0 radical (unpaired) electrons. The van der Waals surface area contributed by atoms with Gasteiger partial charge in [-0.05, 0) is 31.2 Å². The highest BCUT2D eigenvalue weighted by Crippen LogP contribution is 2.37. The summed E-state index contributed by atoms with van der Waals surface area (Å²) in [5, 5.41) is 0. The molecule has 0 amide bonds. The van der Waals surface area contributed by atoms with Gasteiger partial charge in [-0.15, -0.1) is 0 Å². The van der Waals surface area contributed by atoms with Crippen molar-refractivity contribution in [3.8, 4) is 0 Å². The van der Waals surface area contributed by atoms with Gasteiger partial charge in [0, 0.05) is 12.2 Å². The van der Waals surface area contributed by atoms with Crippen LogP contribution in [0.15, 0.2) is 18.5 Å². The number of nitrogens with zero attached hydrogens (tertiary/aromatic N) is 3. The average molecular weight is 216 g/mol. The Balaban J connectivity index is 2.12. The fraction of sp³-hybridized carbons (Fsp3) is 0.500. The minimum atomic E-state index is 0.516. The van der Waals surface area contributed by atoms with E-state index in [0.29, 0.717) is 12.0 Å². The monoisotopic (exact) mass is 216 g/mol. The molecule has 1 fully saturated rings. The third kappa shape index (κ3) is 1.37. The number of rotatable bonds is 1. The Kier molecular flexibility index (Phi) is 2.09. The molecule has 0 saturated heterocycles. The van der Waals surface area contributed by atoms with Crippen molar-refractivity contribution in [1.29, 1.82) is 0 Å². The molecule has 3 rings (SSSR count). The molecule has 1 aliphatic rings. The van der Waals surface area contributed by atoms with E-state index in [0.717, 1.165) is 17.0 Å². The molecule has 16 heavy (non-hydrogen) atoms. The molecule has 84 valence electrons. The van der Waals surface area contributed by atoms with Gasteiger partial charge in [0.05, 0.1) is 11.7 Å². The average Bonchev–Trinajstić information content (AvgIpc) is 2.80. The molecule has 4 nitrogen and oxygen atoms in total. The fourth-order valence-corrected chi connectivity index (χ4v) is 2.76. The molecular formula is C12H16N4. The van der Waals surface area contributed by atoms with Crippen LogP contribution in [0, 0.1) is 5.92 Å². The highest BCUT2D eigenvalue weighted by atomic mass is 15.2. The second-order valence-electron chi connectivity index (χ2n) is 4.78. The molecule has 2 unspecified atom stereocenters. The number of aromatic nitrogens is 3. The Bertz CT molecular complexity index is 517. The highest BCUT2D eigenvalue weighted by Gasteiger charge is 2.25. The van der Waals surface area contributed by atoms with Gasteiger partial charge in [0.15, 0.2) is 0 Å². The first-order valence-electron chi connectivity index (χ1n) is 5.83. The number of nitrogens with two attached hydrogens (primary N) is 1. The fourth-order valence-electron chi connectivity index (χ4n) is 2.76. The summed E-state index contributed by atoms with van der Waals surface area (Å²) in [6.45, 7) is 2.30. The first-order chi connectivity index (χ1) is 7.75. The second-order valence-corrected chi connectivity index (χ2v) is 4.78. The minimum Gasteiger partial charge on any atom is -0.369 e. The van der Waals surface area contributed by atoms with Gasteiger partial charge in [-0.2, -0.15) is 0 Å². The molecule has 4 heteroatoms. The number of anilines is 1. The van der Waals surface area contributed by atoms with Crippen LogP contribution in [0.1, 0.15) is 32.2 Å². The van der Waals surface area contributed by atoms with Crippen molar-refractivity contribution in [2.45, 2.75) is 32.2 Å². The van der Waals surface area contributed by atoms with Crippen LogP contribution in [-0.2, 0) is 0 Å². The van der Waals surface area contributed by atoms with Crippen LogP contribution >= 0.6 is 0 Å². The maximum absolute atomic E-state index is 6.00. The summed E-state index contributed by atoms with van der Waals surface area (Å²) in [6, 6.07) is 2.52. The van der Waals surface area contributed by atoms with E-state index in [1.165, 1.54) is 19.3 Å². The number of hydrogen-bond donors (Lipinski definition) is 1. The lowest BCUT2D eigenvalue weighted by Crippen LogP contribution is -2.08. The molecular weight excluding hydrogens is 200 g/mol. The zero-order valence-corrected chi connectivity index (χ0v) is 9.43. The van der Waals surface area contributed by atoms with Gasteiger partial charge >= 0.3 is 0 Å². The van der Waals surface area contributed by atoms with Gasteiger partial charge in [-0.1, -0.05) is 6.92 Å². The smallest absolute Gasteiger partial charge is 0.201 e. The number of pyridine rings is 1. The summed E-state index contributed by atoms with van der Waals surface area (Å²) < 4.78 is 2.18. The van der Waals surface area contributed by atoms with Gasteiger partial charge in [0.25, 0.3) is 0 Å². The van der Waals surface area contributed by atoms with Crippen molar-refractivity contribution in [2.24, 2.45) is 5.92 Å². The lowest BCUT2D eigenvalue weighted by molar-refractivity contribution is 0.510. The van der Waals surface area contributed by atoms with Crippen LogP contribution in [0.4, 0.5) is 5.95 Å². The third-order valence-electron chi connectivity index (χ3n) is 3.55. The Morgan fingerprint density at radius 2 is 2.31 bits per heavy atom. The van der Waals surface area contributed by atoms with Gasteiger partial charge in [0.1, 0.15) is 5.52 Å². The van der Waals surface area contributed by atoms with E-state index in [4.69, 9.17) is 5.73 Å². The zero-order chi connectivity index (χ0) is 11.1. The molecule has 2 atom stereocenters. The Morgan fingerprint density at radius 1 is 1.44 bits per heavy atom. The molecule has 0 aliphatic heterocycles. The minimum absolute atomic E-state index is 0.516. The molecule has 1 saturated carbocycles. The Hall–Kier alpha value is -1.58. The molecule has 0 spiro atoms. The summed E-state index contributed by atoms with van der Waals surface area (Å²) in [5.41, 5.74) is 8.02. The number of hydrogen-bond acceptors (Lipinski definition) is 3. The van der Waals surface area contributed by atoms with Crippen LogP contribution in [0.3, 0.4) is 0 Å². The Labute approximate surface area is 94.5 Å². The van der Waals surface area contributed by atoms with E-state index in [-0.39, 0.29) is 0 Å². The lowest BCUT2D eigenvalue weighted by atomic mass is 10.1. The standard InChI is InChI=1S/C12H16N4/c1-8-2-3-9(6-8)16-11-4-5-14-7-10(11)15-12(16)13/h4-5,7-9H,2-3,6H2,1H3,(H2,13,15). The van der Waals surface area contributed by atoms with Crippen molar-refractivity contribution in [3.05, 3.63) is 18.5 Å². The molecule has 0 bridgehead atoms. The van der Waals surface area contributed by atoms with Crippen LogP contribution in [0.5, 0.6) is 0 Å². The summed E-state index contributed by atoms with van der Waals surface area (Å²) in [4.78, 5) is 8.44. The largest absolute Gasteiger partial charge is 0.369 e. The van der Waals surface area contributed by atoms with Crippen LogP contribution in [0.2, 0.25) is 0 Å². The van der Waals surface area contributed by atoms with Gasteiger partial charge in [-0.25, -0.2) is 4.98 Å². The number of fused-ring (bicyclic) bond motifs is 1. The van der Waals surface area contributed by atoms with Crippen LogP contribution < -0.4 is 5.73 Å². The summed E-state index contributed by atoms with van der Waals surface area (Å²) in [6.07, 6.45) is 7.28. The SMILES string of the molecule is CC1CCC(n2c(N)nc3cnccc32)C1. The third-order valence-corrected chi connectivity index (χ3v) is 3.55. The first-order valence-corrected chi connectivity index (χ1v) is 5.83. The normalized spacial score (nSPS) is 25.3. The second kappa shape index (κ2) is 3.47. The molecule has 1 aliphatic carbocycles. The number of imidazole rings is 1. The van der Waals surface area contributed by atoms with Gasteiger partial charge in [-0.3, -0.25) is 4.98 Å². The van der Waals surface area contributed by atoms with Crippen molar-refractivity contribution in [1.82, 2.24) is 14.5 Å². The predicted molar refractivity (Wildman–Crippen MR) is 64.0 cm³/mol. The first kappa shape index (κ1) is 9.63. The maximum atomic E-state index is 6.00. The predicted octanol–water partition coefficient (Wildman–Crippen LogP) is 2.37. The summed E-state index contributed by atoms with van der Waals surface area (Å²) >= 11 is 0.